The van der Waals surface area contributed by atoms with E-state index >= 15 is 4.39 Å². The van der Waals surface area contributed by atoms with Gasteiger partial charge in [0.25, 0.3) is 0 Å². The second-order valence-corrected chi connectivity index (χ2v) is 11.5. The van der Waals surface area contributed by atoms with Crippen LogP contribution >= 0.6 is 11.6 Å². The number of phenolic OH excluding ortho intramolecular Hbond substituents is 1. The van der Waals surface area contributed by atoms with Crippen LogP contribution in [0.5, 0.6) is 11.8 Å². The van der Waals surface area contributed by atoms with Crippen LogP contribution in [0.25, 0.3) is 32.8 Å². The summed E-state index contributed by atoms with van der Waals surface area (Å²) in [6, 6.07) is 14.0. The number of anilines is 1. The average molecular weight is 548 g/mol. The van der Waals surface area contributed by atoms with E-state index in [0.29, 0.717) is 41.5 Å². The van der Waals surface area contributed by atoms with Crippen molar-refractivity contribution >= 4 is 39.1 Å². The number of phenols is 1. The molecule has 2 N–H and O–H groups in total. The molecule has 0 amide bonds. The Bertz CT molecular complexity index is 1570. The lowest BCUT2D eigenvalue weighted by Crippen LogP contribution is -2.51. The fourth-order valence-corrected chi connectivity index (χ4v) is 6.70. The first-order valence-corrected chi connectivity index (χ1v) is 14.1. The third-order valence-corrected chi connectivity index (χ3v) is 8.89. The molecule has 3 aromatic carbocycles. The van der Waals surface area contributed by atoms with Gasteiger partial charge in [-0.1, -0.05) is 35.9 Å². The zero-order chi connectivity index (χ0) is 26.7. The fourth-order valence-electron chi connectivity index (χ4n) is 6.40. The molecular weight excluding hydrogens is 517 g/mol. The van der Waals surface area contributed by atoms with Crippen molar-refractivity contribution in [2.45, 2.75) is 43.8 Å². The molecule has 3 atom stereocenters. The fraction of sp³-hybridized carbons (Fsp3) is 0.400. The van der Waals surface area contributed by atoms with E-state index in [1.165, 1.54) is 0 Å². The normalized spacial score (nSPS) is 22.9. The molecule has 3 fully saturated rings. The molecule has 0 radical (unpaired) electrons. The van der Waals surface area contributed by atoms with Crippen LogP contribution in [-0.2, 0) is 0 Å². The number of nitrogens with zero attached hydrogens (tertiary/aromatic N) is 4. The molecule has 0 spiro atoms. The van der Waals surface area contributed by atoms with Crippen molar-refractivity contribution in [2.24, 2.45) is 0 Å². The molecule has 7 nitrogen and oxygen atoms in total. The minimum Gasteiger partial charge on any atom is -0.508 e. The largest absolute Gasteiger partial charge is 0.508 e. The minimum atomic E-state index is -0.543. The second kappa shape index (κ2) is 9.77. The highest BCUT2D eigenvalue weighted by Gasteiger charge is 2.34. The van der Waals surface area contributed by atoms with Gasteiger partial charge in [-0.05, 0) is 73.8 Å². The van der Waals surface area contributed by atoms with E-state index in [0.717, 1.165) is 56.1 Å². The molecule has 3 aliphatic rings. The van der Waals surface area contributed by atoms with Gasteiger partial charge in [0.2, 0.25) is 0 Å². The molecule has 39 heavy (non-hydrogen) atoms. The molecular formula is C30H31ClFN5O2. The number of aromatic hydroxyl groups is 1. The summed E-state index contributed by atoms with van der Waals surface area (Å²) >= 11 is 6.83. The highest BCUT2D eigenvalue weighted by Crippen LogP contribution is 2.43. The lowest BCUT2D eigenvalue weighted by atomic mass is 9.96. The van der Waals surface area contributed by atoms with E-state index in [9.17, 15) is 5.11 Å². The zero-order valence-electron chi connectivity index (χ0n) is 21.8. The number of hydrogen-bond donors (Lipinski definition) is 2. The van der Waals surface area contributed by atoms with Gasteiger partial charge in [-0.25, -0.2) is 4.39 Å². The van der Waals surface area contributed by atoms with Gasteiger partial charge in [0.1, 0.15) is 17.1 Å². The van der Waals surface area contributed by atoms with Crippen molar-refractivity contribution < 1.29 is 14.2 Å². The molecule has 0 saturated carbocycles. The number of rotatable bonds is 6. The Morgan fingerprint density at radius 1 is 1.08 bits per heavy atom. The lowest BCUT2D eigenvalue weighted by Gasteiger charge is -2.37. The average Bonchev–Trinajstić information content (AvgIpc) is 3.27. The number of hydrogen-bond acceptors (Lipinski definition) is 7. The summed E-state index contributed by atoms with van der Waals surface area (Å²) in [5.74, 6) is 0.157. The molecule has 3 saturated heterocycles. The van der Waals surface area contributed by atoms with E-state index < -0.39 is 5.82 Å². The molecule has 3 aliphatic heterocycles. The smallest absolute Gasteiger partial charge is 0.319 e. The molecule has 2 bridgehead atoms. The lowest BCUT2D eigenvalue weighted by molar-refractivity contribution is 0.100. The number of halogens is 2. The highest BCUT2D eigenvalue weighted by atomic mass is 35.5. The van der Waals surface area contributed by atoms with Crippen molar-refractivity contribution in [3.8, 4) is 22.9 Å². The van der Waals surface area contributed by atoms with Gasteiger partial charge in [0, 0.05) is 42.2 Å². The Morgan fingerprint density at radius 2 is 1.87 bits per heavy atom. The quantitative estimate of drug-likeness (QED) is 0.336. The molecule has 4 aromatic rings. The third-order valence-electron chi connectivity index (χ3n) is 8.59. The molecule has 9 heteroatoms. The van der Waals surface area contributed by atoms with E-state index in [2.05, 4.69) is 27.1 Å². The summed E-state index contributed by atoms with van der Waals surface area (Å²) in [6.45, 7) is 3.14. The van der Waals surface area contributed by atoms with Crippen LogP contribution in [0.1, 0.15) is 25.7 Å². The number of nitrogens with one attached hydrogen (secondary N) is 1. The van der Waals surface area contributed by atoms with Gasteiger partial charge >= 0.3 is 6.01 Å². The van der Waals surface area contributed by atoms with Crippen LogP contribution in [0.15, 0.2) is 42.5 Å². The Balaban J connectivity index is 1.36. The first kappa shape index (κ1) is 24.8. The van der Waals surface area contributed by atoms with Crippen LogP contribution in [0, 0.1) is 5.82 Å². The SMILES string of the molecule is CN1CC[C@@H]1CCOc1nc(N2CC3CCC(C2)N3)c2cc(Cl)c(-c3cc(O)cc4ccccc34)c(F)c2n1. The van der Waals surface area contributed by atoms with Crippen molar-refractivity contribution in [2.75, 3.05) is 38.2 Å². The summed E-state index contributed by atoms with van der Waals surface area (Å²) in [5, 5.41) is 16.5. The van der Waals surface area contributed by atoms with Crippen molar-refractivity contribution in [3.63, 3.8) is 0 Å². The van der Waals surface area contributed by atoms with Crippen LogP contribution in [0.4, 0.5) is 10.2 Å². The summed E-state index contributed by atoms with van der Waals surface area (Å²) in [7, 11) is 2.11. The van der Waals surface area contributed by atoms with Gasteiger partial charge in [-0.15, -0.1) is 0 Å². The summed E-state index contributed by atoms with van der Waals surface area (Å²) in [4.78, 5) is 13.9. The van der Waals surface area contributed by atoms with Crippen LogP contribution in [-0.4, -0.2) is 71.4 Å². The van der Waals surface area contributed by atoms with E-state index in [4.69, 9.17) is 21.3 Å². The van der Waals surface area contributed by atoms with Crippen LogP contribution in [0.2, 0.25) is 5.02 Å². The molecule has 0 aliphatic carbocycles. The standard InChI is InChI=1S/C30H31ClFN5O2/c1-36-10-8-20(36)9-11-39-30-34-28-24(29(35-30)37-15-18-6-7-19(16-37)33-18)14-25(31)26(27(28)32)23-13-21(38)12-17-4-2-3-5-22(17)23/h2-5,12-14,18-20,33,38H,6-11,15-16H2,1H3/t18?,19?,20-/m1/s1. The molecule has 7 rings (SSSR count). The van der Waals surface area contributed by atoms with Crippen LogP contribution in [0.3, 0.4) is 0 Å². The Morgan fingerprint density at radius 3 is 2.62 bits per heavy atom. The first-order valence-electron chi connectivity index (χ1n) is 13.7. The molecule has 4 heterocycles. The van der Waals surface area contributed by atoms with E-state index in [-0.39, 0.29) is 27.9 Å². The number of piperazine rings is 1. The van der Waals surface area contributed by atoms with Gasteiger partial charge < -0.3 is 25.0 Å². The topological polar surface area (TPSA) is 73.8 Å². The van der Waals surface area contributed by atoms with Gasteiger partial charge in [0.05, 0.1) is 11.6 Å². The summed E-state index contributed by atoms with van der Waals surface area (Å²) < 4.78 is 22.6. The predicted molar refractivity (Wildman–Crippen MR) is 152 cm³/mol. The minimum absolute atomic E-state index is 0.0453. The Hall–Kier alpha value is -3.20. The zero-order valence-corrected chi connectivity index (χ0v) is 22.6. The maximum atomic E-state index is 16.6. The Kier molecular flexibility index (Phi) is 6.21. The molecule has 2 unspecified atom stereocenters. The van der Waals surface area contributed by atoms with E-state index in [1.807, 2.05) is 24.3 Å². The third kappa shape index (κ3) is 4.44. The van der Waals surface area contributed by atoms with Crippen molar-refractivity contribution in [1.29, 1.82) is 0 Å². The van der Waals surface area contributed by atoms with Crippen molar-refractivity contribution in [1.82, 2.24) is 20.2 Å². The van der Waals surface area contributed by atoms with Gasteiger partial charge in [-0.2, -0.15) is 9.97 Å². The summed E-state index contributed by atoms with van der Waals surface area (Å²) in [5.41, 5.74) is 0.905. The number of aromatic nitrogens is 2. The van der Waals surface area contributed by atoms with Crippen molar-refractivity contribution in [3.05, 3.63) is 53.3 Å². The first-order chi connectivity index (χ1) is 18.9. The maximum absolute atomic E-state index is 16.6. The predicted octanol–water partition coefficient (Wildman–Crippen LogP) is 5.36. The highest BCUT2D eigenvalue weighted by molar-refractivity contribution is 6.35. The molecule has 202 valence electrons. The monoisotopic (exact) mass is 547 g/mol. The van der Waals surface area contributed by atoms with Crippen LogP contribution < -0.4 is 15.0 Å². The molecule has 1 aromatic heterocycles. The maximum Gasteiger partial charge on any atom is 0.319 e. The van der Waals surface area contributed by atoms with Gasteiger partial charge in [0.15, 0.2) is 5.82 Å². The summed E-state index contributed by atoms with van der Waals surface area (Å²) in [6.07, 6.45) is 4.26. The number of fused-ring (bicyclic) bond motifs is 4. The number of benzene rings is 3. The van der Waals surface area contributed by atoms with E-state index in [1.54, 1.807) is 18.2 Å². The Labute approximate surface area is 231 Å². The number of likely N-dealkylation sites (tertiary alicyclic amines) is 1. The second-order valence-electron chi connectivity index (χ2n) is 11.1. The van der Waals surface area contributed by atoms with Gasteiger partial charge in [-0.3, -0.25) is 0 Å². The number of ether oxygens (including phenoxy) is 1.